The third kappa shape index (κ3) is 5.86. The summed E-state index contributed by atoms with van der Waals surface area (Å²) >= 11 is 0. The van der Waals surface area contributed by atoms with Crippen molar-refractivity contribution in [3.8, 4) is 0 Å². The second-order valence-electron chi connectivity index (χ2n) is 5.93. The molecule has 0 aliphatic rings. The highest BCUT2D eigenvalue weighted by Gasteiger charge is 2.23. The van der Waals surface area contributed by atoms with Crippen LogP contribution in [-0.2, 0) is 22.6 Å². The lowest BCUT2D eigenvalue weighted by Gasteiger charge is -2.06. The number of nitro benzene ring substituents is 1. The number of carbonyl (C=O) groups excluding carboxylic acids is 2. The molecule has 2 aromatic rings. The van der Waals surface area contributed by atoms with Crippen LogP contribution >= 0.6 is 0 Å². The van der Waals surface area contributed by atoms with Crippen LogP contribution in [0.15, 0.2) is 48.5 Å². The number of hydrogen-bond donors (Lipinski definition) is 1. The fourth-order valence-corrected chi connectivity index (χ4v) is 2.36. The Morgan fingerprint density at radius 2 is 1.93 bits per heavy atom. The zero-order valence-electron chi connectivity index (χ0n) is 15.1. The molecule has 0 unspecified atom stereocenters. The van der Waals surface area contributed by atoms with E-state index in [0.717, 1.165) is 5.56 Å². The van der Waals surface area contributed by atoms with Crippen LogP contribution in [0.5, 0.6) is 0 Å². The Balaban J connectivity index is 1.91. The molecule has 0 fully saturated rings. The molecule has 2 aromatic carbocycles. The minimum atomic E-state index is -0.791. The summed E-state index contributed by atoms with van der Waals surface area (Å²) in [5.41, 5.74) is 10.7. The van der Waals surface area contributed by atoms with E-state index < -0.39 is 23.3 Å². The molecule has 28 heavy (non-hydrogen) atoms. The second kappa shape index (κ2) is 9.75. The van der Waals surface area contributed by atoms with E-state index in [9.17, 15) is 19.7 Å². The number of rotatable bonds is 8. The van der Waals surface area contributed by atoms with Crippen molar-refractivity contribution in [2.45, 2.75) is 20.0 Å². The Kier molecular flexibility index (Phi) is 7.13. The normalized spacial score (nSPS) is 9.89. The van der Waals surface area contributed by atoms with Gasteiger partial charge in [-0.25, -0.2) is 4.79 Å². The molecule has 0 aliphatic carbocycles. The van der Waals surface area contributed by atoms with E-state index in [1.165, 1.54) is 12.1 Å². The number of ether oxygens (including phenoxy) is 1. The van der Waals surface area contributed by atoms with Crippen LogP contribution in [0, 0.1) is 17.0 Å². The zero-order valence-corrected chi connectivity index (χ0v) is 15.1. The third-order valence-electron chi connectivity index (χ3n) is 3.95. The fourth-order valence-electron chi connectivity index (χ4n) is 2.36. The van der Waals surface area contributed by atoms with Crippen LogP contribution in [0.25, 0.3) is 5.53 Å². The van der Waals surface area contributed by atoms with Crippen molar-refractivity contribution >= 4 is 23.3 Å². The third-order valence-corrected chi connectivity index (χ3v) is 3.95. The van der Waals surface area contributed by atoms with Crippen molar-refractivity contribution in [2.75, 3.05) is 6.54 Å². The molecule has 0 radical (unpaired) electrons. The van der Waals surface area contributed by atoms with E-state index in [-0.39, 0.29) is 24.4 Å². The SMILES string of the molecule is Cc1ccc([N+](=O)[O-])cc1CC(=[N+]=[N-])C(=O)CNC(=O)OCc1ccccc1. The summed E-state index contributed by atoms with van der Waals surface area (Å²) in [5, 5.41) is 13.2. The fraction of sp³-hybridized carbons (Fsp3) is 0.211. The molecule has 2 rings (SSSR count). The van der Waals surface area contributed by atoms with Crippen LogP contribution in [-0.4, -0.2) is 33.8 Å². The summed E-state index contributed by atoms with van der Waals surface area (Å²) in [4.78, 5) is 37.2. The first kappa shape index (κ1) is 20.5. The maximum atomic E-state index is 12.2. The van der Waals surface area contributed by atoms with Gasteiger partial charge in [0.05, 0.1) is 17.9 Å². The number of non-ortho nitro benzene ring substituents is 1. The molecule has 9 heteroatoms. The minimum absolute atomic E-state index is 0.0503. The van der Waals surface area contributed by atoms with E-state index >= 15 is 0 Å². The zero-order chi connectivity index (χ0) is 20.5. The number of aryl methyl sites for hydroxylation is 1. The number of nitrogens with zero attached hydrogens (tertiary/aromatic N) is 3. The summed E-state index contributed by atoms with van der Waals surface area (Å²) < 4.78 is 4.99. The number of nitro groups is 1. The highest BCUT2D eigenvalue weighted by atomic mass is 16.6. The molecule has 0 atom stereocenters. The predicted molar refractivity (Wildman–Crippen MR) is 99.8 cm³/mol. The monoisotopic (exact) mass is 382 g/mol. The first-order chi connectivity index (χ1) is 13.4. The van der Waals surface area contributed by atoms with Crippen LogP contribution < -0.4 is 5.32 Å². The van der Waals surface area contributed by atoms with Crippen molar-refractivity contribution in [3.63, 3.8) is 0 Å². The van der Waals surface area contributed by atoms with E-state index in [0.29, 0.717) is 11.1 Å². The number of benzene rings is 2. The average Bonchev–Trinajstić information content (AvgIpc) is 2.70. The van der Waals surface area contributed by atoms with E-state index in [1.807, 2.05) is 6.07 Å². The highest BCUT2D eigenvalue weighted by molar-refractivity contribution is 6.38. The standard InChI is InChI=1S/C19H18N4O5/c1-13-7-8-16(23(26)27)9-15(13)10-17(22-20)18(24)11-21-19(25)28-12-14-5-3-2-4-6-14/h2-9H,10-12H2,1H3,(H,21,25). The molecule has 9 nitrogen and oxygen atoms in total. The summed E-state index contributed by atoms with van der Waals surface area (Å²) in [6.07, 6.45) is -0.898. The van der Waals surface area contributed by atoms with Crippen molar-refractivity contribution in [1.82, 2.24) is 5.32 Å². The first-order valence-electron chi connectivity index (χ1n) is 8.33. The molecule has 0 spiro atoms. The van der Waals surface area contributed by atoms with Gasteiger partial charge in [-0.05, 0) is 23.6 Å². The largest absolute Gasteiger partial charge is 0.445 e. The Morgan fingerprint density at radius 3 is 2.57 bits per heavy atom. The minimum Gasteiger partial charge on any atom is -0.445 e. The Morgan fingerprint density at radius 1 is 1.21 bits per heavy atom. The van der Waals surface area contributed by atoms with Gasteiger partial charge >= 0.3 is 11.8 Å². The van der Waals surface area contributed by atoms with Crippen LogP contribution in [0.4, 0.5) is 10.5 Å². The summed E-state index contributed by atoms with van der Waals surface area (Å²) in [5.74, 6) is -0.634. The number of nitrogens with one attached hydrogen (secondary N) is 1. The van der Waals surface area contributed by atoms with Gasteiger partial charge in [-0.3, -0.25) is 14.9 Å². The van der Waals surface area contributed by atoms with Gasteiger partial charge in [0.1, 0.15) is 6.61 Å². The second-order valence-corrected chi connectivity index (χ2v) is 5.93. The molecule has 0 aromatic heterocycles. The molecule has 1 N–H and O–H groups in total. The van der Waals surface area contributed by atoms with Crippen LogP contribution in [0.3, 0.4) is 0 Å². The van der Waals surface area contributed by atoms with Gasteiger partial charge in [0.2, 0.25) is 0 Å². The molecule has 0 saturated carbocycles. The van der Waals surface area contributed by atoms with Crippen LogP contribution in [0.2, 0.25) is 0 Å². The molecule has 0 aliphatic heterocycles. The van der Waals surface area contributed by atoms with E-state index in [2.05, 4.69) is 10.1 Å². The van der Waals surface area contributed by atoms with E-state index in [1.54, 1.807) is 37.3 Å². The molecule has 1 amide bonds. The van der Waals surface area contributed by atoms with Gasteiger partial charge in [0.25, 0.3) is 11.5 Å². The average molecular weight is 382 g/mol. The van der Waals surface area contributed by atoms with Gasteiger partial charge in [-0.1, -0.05) is 36.4 Å². The molecular weight excluding hydrogens is 364 g/mol. The Hall–Kier alpha value is -3.84. The maximum absolute atomic E-state index is 12.2. The summed E-state index contributed by atoms with van der Waals surface area (Å²) in [7, 11) is 0. The lowest BCUT2D eigenvalue weighted by Crippen LogP contribution is -2.34. The number of alkyl carbamates (subject to hydrolysis) is 1. The number of ketones is 1. The molecule has 144 valence electrons. The molecular formula is C19H18N4O5. The van der Waals surface area contributed by atoms with Gasteiger partial charge in [0, 0.05) is 12.1 Å². The van der Waals surface area contributed by atoms with Crippen molar-refractivity contribution in [2.24, 2.45) is 0 Å². The summed E-state index contributed by atoms with van der Waals surface area (Å²) in [6, 6.07) is 13.2. The van der Waals surface area contributed by atoms with Crippen molar-refractivity contribution in [1.29, 1.82) is 0 Å². The van der Waals surface area contributed by atoms with E-state index in [4.69, 9.17) is 10.3 Å². The van der Waals surface area contributed by atoms with Crippen molar-refractivity contribution in [3.05, 3.63) is 80.9 Å². The van der Waals surface area contributed by atoms with Gasteiger partial charge < -0.3 is 15.6 Å². The Labute approximate surface area is 160 Å². The van der Waals surface area contributed by atoms with Crippen molar-refractivity contribution < 1.29 is 24.0 Å². The quantitative estimate of drug-likeness (QED) is 0.246. The molecule has 0 saturated heterocycles. The number of amides is 1. The Bertz CT molecular complexity index is 937. The topological polar surface area (TPSA) is 135 Å². The maximum Gasteiger partial charge on any atom is 0.407 e. The van der Waals surface area contributed by atoms with Crippen LogP contribution in [0.1, 0.15) is 16.7 Å². The number of Topliss-reactive ketones (excluding diaryl/α,β-unsaturated/α-hetero) is 1. The highest BCUT2D eigenvalue weighted by Crippen LogP contribution is 2.18. The van der Waals surface area contributed by atoms with Gasteiger partial charge in [0.15, 0.2) is 0 Å². The van der Waals surface area contributed by atoms with Gasteiger partial charge in [-0.2, -0.15) is 4.79 Å². The smallest absolute Gasteiger partial charge is 0.407 e. The van der Waals surface area contributed by atoms with Gasteiger partial charge in [-0.15, -0.1) is 0 Å². The predicted octanol–water partition coefficient (Wildman–Crippen LogP) is 2.61. The molecule has 0 bridgehead atoms. The first-order valence-corrected chi connectivity index (χ1v) is 8.33. The summed E-state index contributed by atoms with van der Waals surface area (Å²) in [6.45, 7) is 1.34. The number of hydrogen-bond acceptors (Lipinski definition) is 5. The molecule has 0 heterocycles. The lowest BCUT2D eigenvalue weighted by atomic mass is 10.0. The number of carbonyl (C=O) groups is 2. The lowest BCUT2D eigenvalue weighted by molar-refractivity contribution is -0.384.